The first-order chi connectivity index (χ1) is 23.5. The van der Waals surface area contributed by atoms with E-state index in [0.717, 1.165) is 16.8 Å². The van der Waals surface area contributed by atoms with Gasteiger partial charge < -0.3 is 5.73 Å². The number of nitrogens with two attached hydrogens (primary N) is 1. The fourth-order valence-corrected chi connectivity index (χ4v) is 10.5. The zero-order valence-corrected chi connectivity index (χ0v) is 30.7. The minimum Gasteiger partial charge on any atom is -0.322 e. The lowest BCUT2D eigenvalue weighted by Crippen LogP contribution is -2.35. The lowest BCUT2D eigenvalue weighted by atomic mass is 9.94. The molecule has 2 N–H and O–H groups in total. The molecular formula is C32H32ClF4N5O6S3. The minimum atomic E-state index is -4.60. The molecular weight excluding hydrogens is 758 g/mol. The van der Waals surface area contributed by atoms with E-state index in [9.17, 15) is 42.8 Å². The van der Waals surface area contributed by atoms with Crippen LogP contribution in [-0.2, 0) is 42.8 Å². The normalized spacial score (nSPS) is 14.8. The summed E-state index contributed by atoms with van der Waals surface area (Å²) in [6.45, 7) is 1.82. The molecule has 1 unspecified atom stereocenters. The highest BCUT2D eigenvalue weighted by Crippen LogP contribution is 2.42. The standard InChI is InChI=1S/C32H32ClF4N5O6S3/c1-32(2,51(47,48)22-6-7-22)12-11-21-5-8-23(29(39-21)26(38)15-18-13-19(34)16-20(35)14-18)24-9-10-25(33)28-30(24)41(17-27(36)37)40-31(28)42(49(3,43)44)50(4,45)46/h5,8-10,13-14,16,22,26-27H,6-7,15,17,38H2,1-4H3. The Morgan fingerprint density at radius 2 is 1.57 bits per heavy atom. The molecule has 1 atom stereocenters. The number of benzene rings is 2. The molecule has 1 aliphatic carbocycles. The fourth-order valence-electron chi connectivity index (χ4n) is 5.64. The molecule has 19 heteroatoms. The largest absolute Gasteiger partial charge is 0.322 e. The Morgan fingerprint density at radius 1 is 0.980 bits per heavy atom. The Hall–Kier alpha value is -3.76. The molecule has 274 valence electrons. The zero-order chi connectivity index (χ0) is 37.8. The maximum absolute atomic E-state index is 14.1. The summed E-state index contributed by atoms with van der Waals surface area (Å²) in [4.78, 5) is 4.58. The van der Waals surface area contributed by atoms with Gasteiger partial charge in [-0.15, -0.1) is 3.71 Å². The van der Waals surface area contributed by atoms with Gasteiger partial charge in [0.15, 0.2) is 15.7 Å². The summed E-state index contributed by atoms with van der Waals surface area (Å²) in [5, 5.41) is 2.97. The predicted molar refractivity (Wildman–Crippen MR) is 186 cm³/mol. The third kappa shape index (κ3) is 8.02. The number of rotatable bonds is 11. The van der Waals surface area contributed by atoms with Crippen molar-refractivity contribution in [1.82, 2.24) is 14.8 Å². The molecule has 0 spiro atoms. The number of sulfonamides is 2. The van der Waals surface area contributed by atoms with Gasteiger partial charge in [-0.25, -0.2) is 47.8 Å². The monoisotopic (exact) mass is 789 g/mol. The van der Waals surface area contributed by atoms with Crippen molar-refractivity contribution in [3.05, 3.63) is 76.1 Å². The Balaban J connectivity index is 1.78. The molecule has 1 fully saturated rings. The zero-order valence-electron chi connectivity index (χ0n) is 27.5. The maximum atomic E-state index is 14.1. The molecule has 0 aliphatic heterocycles. The molecule has 1 aliphatic rings. The summed E-state index contributed by atoms with van der Waals surface area (Å²) >= 11 is 6.49. The predicted octanol–water partition coefficient (Wildman–Crippen LogP) is 4.97. The number of nitrogens with zero attached hydrogens (tertiary/aromatic N) is 4. The maximum Gasteiger partial charge on any atom is 0.257 e. The first kappa shape index (κ1) is 38.5. The van der Waals surface area contributed by atoms with Crippen molar-refractivity contribution >= 4 is 58.2 Å². The average molecular weight is 790 g/mol. The molecule has 0 radical (unpaired) electrons. The molecule has 2 aromatic carbocycles. The van der Waals surface area contributed by atoms with Crippen molar-refractivity contribution in [2.75, 3.05) is 16.2 Å². The van der Waals surface area contributed by atoms with Gasteiger partial charge in [-0.05, 0) is 74.9 Å². The lowest BCUT2D eigenvalue weighted by molar-refractivity contribution is 0.123. The molecule has 51 heavy (non-hydrogen) atoms. The van der Waals surface area contributed by atoms with Crippen LogP contribution in [0.4, 0.5) is 23.4 Å². The second-order valence-electron chi connectivity index (χ2n) is 12.7. The minimum absolute atomic E-state index is 0.0144. The topological polar surface area (TPSA) is 162 Å². The number of halogens is 5. The number of sulfone groups is 1. The SMILES string of the molecule is CC(C)(C#Cc1ccc(-c2ccc(Cl)c3c(N(S(C)(=O)=O)S(C)(=O)=O)nn(CC(F)F)c23)c(C(N)Cc2cc(F)cc(F)c2)n1)S(=O)(=O)C1CC1. The molecule has 0 amide bonds. The number of pyridine rings is 1. The van der Waals surface area contributed by atoms with Crippen LogP contribution >= 0.6 is 11.6 Å². The lowest BCUT2D eigenvalue weighted by Gasteiger charge is -2.19. The summed E-state index contributed by atoms with van der Waals surface area (Å²) in [5.74, 6) is 3.05. The van der Waals surface area contributed by atoms with Crippen molar-refractivity contribution in [1.29, 1.82) is 0 Å². The van der Waals surface area contributed by atoms with Crippen LogP contribution in [0.2, 0.25) is 5.02 Å². The number of hydrogen-bond acceptors (Lipinski definition) is 9. The van der Waals surface area contributed by atoms with E-state index in [1.807, 2.05) is 0 Å². The van der Waals surface area contributed by atoms with Crippen molar-refractivity contribution in [2.45, 2.75) is 62.1 Å². The molecule has 11 nitrogen and oxygen atoms in total. The fraction of sp³-hybridized carbons (Fsp3) is 0.375. The molecule has 4 aromatic rings. The van der Waals surface area contributed by atoms with E-state index in [4.69, 9.17) is 17.3 Å². The molecule has 5 rings (SSSR count). The van der Waals surface area contributed by atoms with Gasteiger partial charge in [0, 0.05) is 17.2 Å². The van der Waals surface area contributed by atoms with Crippen molar-refractivity contribution in [3.8, 4) is 23.0 Å². The Kier molecular flexibility index (Phi) is 10.3. The van der Waals surface area contributed by atoms with Gasteiger partial charge in [-0.3, -0.25) is 4.68 Å². The number of aromatic nitrogens is 3. The van der Waals surface area contributed by atoms with E-state index in [1.165, 1.54) is 38.1 Å². The summed E-state index contributed by atoms with van der Waals surface area (Å²) in [5.41, 5.74) is 6.84. The van der Waals surface area contributed by atoms with Gasteiger partial charge in [-0.1, -0.05) is 23.6 Å². The van der Waals surface area contributed by atoms with Crippen LogP contribution in [0.1, 0.15) is 49.7 Å². The van der Waals surface area contributed by atoms with Gasteiger partial charge >= 0.3 is 0 Å². The highest BCUT2D eigenvalue weighted by atomic mass is 35.5. The first-order valence-corrected chi connectivity index (χ1v) is 20.8. The summed E-state index contributed by atoms with van der Waals surface area (Å²) in [7, 11) is -12.8. The molecule has 2 heterocycles. The Labute approximate surface area is 297 Å². The Morgan fingerprint density at radius 3 is 2.12 bits per heavy atom. The number of fused-ring (bicyclic) bond motifs is 1. The van der Waals surface area contributed by atoms with Crippen LogP contribution in [0.5, 0.6) is 0 Å². The molecule has 0 saturated heterocycles. The highest BCUT2D eigenvalue weighted by molar-refractivity contribution is 8.09. The van der Waals surface area contributed by atoms with Gasteiger partial charge in [0.25, 0.3) is 6.43 Å². The average Bonchev–Trinajstić information content (AvgIpc) is 3.78. The van der Waals surface area contributed by atoms with Gasteiger partial charge in [0.05, 0.1) is 45.4 Å². The van der Waals surface area contributed by atoms with E-state index in [-0.39, 0.29) is 54.1 Å². The number of hydrogen-bond donors (Lipinski definition) is 1. The van der Waals surface area contributed by atoms with E-state index >= 15 is 0 Å². The van der Waals surface area contributed by atoms with E-state index < -0.39 is 76.3 Å². The van der Waals surface area contributed by atoms with Crippen LogP contribution in [0, 0.1) is 23.5 Å². The van der Waals surface area contributed by atoms with Crippen LogP contribution in [0.25, 0.3) is 22.0 Å². The van der Waals surface area contributed by atoms with Crippen molar-refractivity contribution in [2.24, 2.45) is 5.73 Å². The van der Waals surface area contributed by atoms with Gasteiger partial charge in [-0.2, -0.15) is 5.10 Å². The van der Waals surface area contributed by atoms with Gasteiger partial charge in [0.1, 0.15) is 28.6 Å². The summed E-state index contributed by atoms with van der Waals surface area (Å²) < 4.78 is 132. The number of anilines is 1. The van der Waals surface area contributed by atoms with Crippen molar-refractivity contribution < 1.29 is 42.8 Å². The quantitative estimate of drug-likeness (QED) is 0.163. The highest BCUT2D eigenvalue weighted by Gasteiger charge is 2.45. The van der Waals surface area contributed by atoms with Crippen LogP contribution in [-0.4, -0.2) is 69.0 Å². The molecule has 2 aromatic heterocycles. The Bertz CT molecular complexity index is 2390. The third-order valence-electron chi connectivity index (χ3n) is 8.02. The van der Waals surface area contributed by atoms with Crippen LogP contribution in [0.15, 0.2) is 42.5 Å². The first-order valence-electron chi connectivity index (χ1n) is 15.2. The summed E-state index contributed by atoms with van der Waals surface area (Å²) in [6, 6.07) is 7.17. The van der Waals surface area contributed by atoms with Gasteiger partial charge in [0.2, 0.25) is 20.0 Å². The smallest absolute Gasteiger partial charge is 0.257 e. The van der Waals surface area contributed by atoms with Crippen molar-refractivity contribution in [3.63, 3.8) is 0 Å². The van der Waals surface area contributed by atoms with Crippen LogP contribution < -0.4 is 9.44 Å². The van der Waals surface area contributed by atoms with E-state index in [0.29, 0.717) is 31.4 Å². The molecule has 1 saturated carbocycles. The third-order valence-corrected chi connectivity index (χ3v) is 14.4. The number of alkyl halides is 2. The van der Waals surface area contributed by atoms with E-state index in [2.05, 4.69) is 21.9 Å². The second-order valence-corrected chi connectivity index (χ2v) is 19.7. The van der Waals surface area contributed by atoms with Crippen LogP contribution in [0.3, 0.4) is 0 Å². The second kappa shape index (κ2) is 13.7. The molecule has 0 bridgehead atoms. The van der Waals surface area contributed by atoms with E-state index in [1.54, 1.807) is 0 Å². The summed E-state index contributed by atoms with van der Waals surface area (Å²) in [6.07, 6.45) is -0.986.